The van der Waals surface area contributed by atoms with Gasteiger partial charge in [0.25, 0.3) is 0 Å². The number of methoxy groups -OCH3 is 1. The summed E-state index contributed by atoms with van der Waals surface area (Å²) in [5, 5.41) is 0. The molecule has 0 unspecified atom stereocenters. The van der Waals surface area contributed by atoms with Crippen LogP contribution in [-0.2, 0) is 0 Å². The van der Waals surface area contributed by atoms with Gasteiger partial charge in [0.2, 0.25) is 0 Å². The van der Waals surface area contributed by atoms with Crippen LogP contribution in [0, 0.1) is 20.8 Å². The van der Waals surface area contributed by atoms with Crippen molar-refractivity contribution in [3.8, 4) is 5.75 Å². The van der Waals surface area contributed by atoms with E-state index in [0.717, 1.165) is 11.3 Å². The molecule has 0 aliphatic heterocycles. The van der Waals surface area contributed by atoms with Gasteiger partial charge in [0.1, 0.15) is 5.75 Å². The quantitative estimate of drug-likeness (QED) is 0.672. The van der Waals surface area contributed by atoms with Crippen LogP contribution in [0.3, 0.4) is 0 Å². The number of benzene rings is 1. The third-order valence-electron chi connectivity index (χ3n) is 2.60. The lowest BCUT2D eigenvalue weighted by Gasteiger charge is -2.13. The molecular weight excluding hydrogens is 160 g/mol. The normalized spacial score (nSPS) is 9.85. The Balaban J connectivity index is 3.47. The summed E-state index contributed by atoms with van der Waals surface area (Å²) >= 11 is 0. The summed E-state index contributed by atoms with van der Waals surface area (Å²) in [6, 6.07) is 2.05. The fourth-order valence-electron chi connectivity index (χ4n) is 1.49. The average Bonchev–Trinajstić information content (AvgIpc) is 2.13. The highest BCUT2D eigenvalue weighted by Crippen LogP contribution is 2.28. The van der Waals surface area contributed by atoms with E-state index in [-0.39, 0.29) is 0 Å². The second kappa shape index (κ2) is 3.65. The monoisotopic (exact) mass is 176 g/mol. The number of rotatable bonds is 2. The summed E-state index contributed by atoms with van der Waals surface area (Å²) in [4.78, 5) is 0. The highest BCUT2D eigenvalue weighted by molar-refractivity contribution is 5.63. The molecule has 0 radical (unpaired) electrons. The van der Waals surface area contributed by atoms with Gasteiger partial charge in [0.05, 0.1) is 7.11 Å². The lowest BCUT2D eigenvalue weighted by Crippen LogP contribution is -1.95. The Morgan fingerprint density at radius 1 is 1.23 bits per heavy atom. The molecule has 1 rings (SSSR count). The second-order valence-corrected chi connectivity index (χ2v) is 3.26. The van der Waals surface area contributed by atoms with Crippen LogP contribution in [0.15, 0.2) is 12.6 Å². The van der Waals surface area contributed by atoms with Gasteiger partial charge in [0, 0.05) is 5.56 Å². The van der Waals surface area contributed by atoms with E-state index in [0.29, 0.717) is 0 Å². The number of ether oxygens (including phenoxy) is 1. The summed E-state index contributed by atoms with van der Waals surface area (Å²) in [6.07, 6.45) is 1.85. The summed E-state index contributed by atoms with van der Waals surface area (Å²) in [5.41, 5.74) is 4.94. The number of aryl methyl sites for hydroxylation is 1. The van der Waals surface area contributed by atoms with E-state index in [1.165, 1.54) is 16.7 Å². The molecule has 1 nitrogen and oxygen atoms in total. The maximum absolute atomic E-state index is 5.28. The van der Waals surface area contributed by atoms with Crippen molar-refractivity contribution in [1.29, 1.82) is 0 Å². The number of hydrogen-bond acceptors (Lipinski definition) is 1. The van der Waals surface area contributed by atoms with Crippen LogP contribution in [0.25, 0.3) is 6.08 Å². The third-order valence-corrected chi connectivity index (χ3v) is 2.60. The Hall–Kier alpha value is -1.24. The van der Waals surface area contributed by atoms with Gasteiger partial charge in [0.15, 0.2) is 0 Å². The zero-order valence-corrected chi connectivity index (χ0v) is 8.77. The molecule has 1 aromatic carbocycles. The molecule has 0 amide bonds. The zero-order valence-electron chi connectivity index (χ0n) is 8.77. The van der Waals surface area contributed by atoms with Crippen molar-refractivity contribution >= 4 is 6.08 Å². The van der Waals surface area contributed by atoms with Crippen LogP contribution in [0.4, 0.5) is 0 Å². The first-order chi connectivity index (χ1) is 6.11. The van der Waals surface area contributed by atoms with E-state index in [4.69, 9.17) is 4.74 Å². The van der Waals surface area contributed by atoms with Crippen molar-refractivity contribution in [1.82, 2.24) is 0 Å². The smallest absolute Gasteiger partial charge is 0.126 e. The SMILES string of the molecule is C=Cc1c(OC)cc(C)c(C)c1C. The molecule has 0 saturated heterocycles. The van der Waals surface area contributed by atoms with Crippen molar-refractivity contribution < 1.29 is 4.74 Å². The molecule has 1 aromatic rings. The Morgan fingerprint density at radius 3 is 2.31 bits per heavy atom. The van der Waals surface area contributed by atoms with E-state index < -0.39 is 0 Å². The van der Waals surface area contributed by atoms with E-state index in [1.807, 2.05) is 6.08 Å². The summed E-state index contributed by atoms with van der Waals surface area (Å²) in [6.45, 7) is 10.1. The minimum atomic E-state index is 0.913. The molecule has 0 fully saturated rings. The van der Waals surface area contributed by atoms with Crippen LogP contribution >= 0.6 is 0 Å². The van der Waals surface area contributed by atoms with Gasteiger partial charge in [-0.25, -0.2) is 0 Å². The van der Waals surface area contributed by atoms with Crippen molar-refractivity contribution in [2.75, 3.05) is 7.11 Å². The molecule has 13 heavy (non-hydrogen) atoms. The average molecular weight is 176 g/mol. The summed E-state index contributed by atoms with van der Waals surface area (Å²) in [7, 11) is 1.69. The fraction of sp³-hybridized carbons (Fsp3) is 0.333. The van der Waals surface area contributed by atoms with E-state index >= 15 is 0 Å². The fourth-order valence-corrected chi connectivity index (χ4v) is 1.49. The maximum Gasteiger partial charge on any atom is 0.126 e. The molecule has 0 heterocycles. The van der Waals surface area contributed by atoms with Crippen LogP contribution in [0.5, 0.6) is 5.75 Å². The summed E-state index contributed by atoms with van der Waals surface area (Å²) < 4.78 is 5.28. The van der Waals surface area contributed by atoms with Crippen LogP contribution in [-0.4, -0.2) is 7.11 Å². The van der Waals surface area contributed by atoms with Gasteiger partial charge < -0.3 is 4.74 Å². The molecule has 0 bridgehead atoms. The lowest BCUT2D eigenvalue weighted by atomic mass is 9.98. The highest BCUT2D eigenvalue weighted by Gasteiger charge is 2.07. The Labute approximate surface area is 80.0 Å². The zero-order chi connectivity index (χ0) is 10.0. The maximum atomic E-state index is 5.28. The molecular formula is C12H16O. The molecule has 70 valence electrons. The van der Waals surface area contributed by atoms with Crippen molar-refractivity contribution in [2.45, 2.75) is 20.8 Å². The first kappa shape index (κ1) is 9.85. The van der Waals surface area contributed by atoms with Crippen molar-refractivity contribution in [2.24, 2.45) is 0 Å². The van der Waals surface area contributed by atoms with Crippen LogP contribution in [0.1, 0.15) is 22.3 Å². The number of hydrogen-bond donors (Lipinski definition) is 0. The third kappa shape index (κ3) is 1.59. The Morgan fingerprint density at radius 2 is 1.85 bits per heavy atom. The van der Waals surface area contributed by atoms with Gasteiger partial charge in [-0.1, -0.05) is 12.7 Å². The molecule has 0 atom stereocenters. The standard InChI is InChI=1S/C12H16O/c1-6-11-10(4)9(3)8(2)7-12(11)13-5/h6-7H,1H2,2-5H3. The molecule has 1 heteroatoms. The highest BCUT2D eigenvalue weighted by atomic mass is 16.5. The summed E-state index contributed by atoms with van der Waals surface area (Å²) in [5.74, 6) is 0.913. The van der Waals surface area contributed by atoms with Crippen LogP contribution in [0.2, 0.25) is 0 Å². The van der Waals surface area contributed by atoms with E-state index in [2.05, 4.69) is 33.4 Å². The first-order valence-corrected chi connectivity index (χ1v) is 4.39. The van der Waals surface area contributed by atoms with Gasteiger partial charge in [-0.3, -0.25) is 0 Å². The van der Waals surface area contributed by atoms with Gasteiger partial charge in [-0.15, -0.1) is 0 Å². The van der Waals surface area contributed by atoms with E-state index in [9.17, 15) is 0 Å². The van der Waals surface area contributed by atoms with E-state index in [1.54, 1.807) is 7.11 Å². The minimum Gasteiger partial charge on any atom is -0.496 e. The molecule has 0 aliphatic carbocycles. The van der Waals surface area contributed by atoms with Gasteiger partial charge in [-0.05, 0) is 43.5 Å². The molecule has 0 aliphatic rings. The van der Waals surface area contributed by atoms with Gasteiger partial charge >= 0.3 is 0 Å². The Kier molecular flexibility index (Phi) is 2.76. The predicted molar refractivity (Wildman–Crippen MR) is 57.3 cm³/mol. The van der Waals surface area contributed by atoms with Crippen LogP contribution < -0.4 is 4.74 Å². The molecule has 0 aromatic heterocycles. The second-order valence-electron chi connectivity index (χ2n) is 3.26. The van der Waals surface area contributed by atoms with Crippen molar-refractivity contribution in [3.05, 3.63) is 34.9 Å². The Bertz CT molecular complexity index is 337. The van der Waals surface area contributed by atoms with Crippen molar-refractivity contribution in [3.63, 3.8) is 0 Å². The molecule has 0 N–H and O–H groups in total. The lowest BCUT2D eigenvalue weighted by molar-refractivity contribution is 0.413. The molecule has 0 spiro atoms. The van der Waals surface area contributed by atoms with Gasteiger partial charge in [-0.2, -0.15) is 0 Å². The minimum absolute atomic E-state index is 0.913. The topological polar surface area (TPSA) is 9.23 Å². The predicted octanol–water partition coefficient (Wildman–Crippen LogP) is 3.26. The molecule has 0 saturated carbocycles. The first-order valence-electron chi connectivity index (χ1n) is 4.39. The largest absolute Gasteiger partial charge is 0.496 e.